The van der Waals surface area contributed by atoms with Crippen LogP contribution in [0.3, 0.4) is 0 Å². The number of piperazine rings is 1. The highest BCUT2D eigenvalue weighted by Gasteiger charge is 2.22. The average molecular weight is 385 g/mol. The molecule has 0 radical (unpaired) electrons. The van der Waals surface area contributed by atoms with Crippen molar-refractivity contribution in [1.82, 2.24) is 19.1 Å². The number of fused-ring (bicyclic) bond motifs is 1. The van der Waals surface area contributed by atoms with Crippen LogP contribution in [0.25, 0.3) is 11.2 Å². The van der Waals surface area contributed by atoms with Gasteiger partial charge in [0.25, 0.3) is 5.56 Å². The van der Waals surface area contributed by atoms with Crippen molar-refractivity contribution in [2.24, 2.45) is 14.1 Å². The molecule has 1 fully saturated rings. The molecule has 0 spiro atoms. The van der Waals surface area contributed by atoms with Gasteiger partial charge < -0.3 is 19.5 Å². The van der Waals surface area contributed by atoms with Crippen LogP contribution < -0.4 is 25.8 Å². The Hall–Kier alpha value is -3.07. The number of aromatic nitrogens is 4. The van der Waals surface area contributed by atoms with Crippen molar-refractivity contribution in [3.8, 4) is 5.75 Å². The summed E-state index contributed by atoms with van der Waals surface area (Å²) in [5.74, 6) is 1.60. The molecular weight excluding hydrogens is 360 g/mol. The highest BCUT2D eigenvalue weighted by molar-refractivity contribution is 5.69. The van der Waals surface area contributed by atoms with Crippen LogP contribution in [-0.2, 0) is 20.6 Å². The normalized spacial score (nSPS) is 15.3. The van der Waals surface area contributed by atoms with Crippen molar-refractivity contribution in [1.29, 1.82) is 0 Å². The van der Waals surface area contributed by atoms with Gasteiger partial charge in [-0.15, -0.1) is 0 Å². The number of anilines is 1. The zero-order valence-corrected chi connectivity index (χ0v) is 16.4. The van der Waals surface area contributed by atoms with E-state index in [1.807, 2.05) is 12.1 Å². The molecule has 0 bridgehead atoms. The first-order valence-electron chi connectivity index (χ1n) is 9.35. The number of imidazole rings is 1. The van der Waals surface area contributed by atoms with Gasteiger partial charge in [-0.05, 0) is 24.3 Å². The predicted octanol–water partition coefficient (Wildman–Crippen LogP) is -1.13. The Labute approximate surface area is 161 Å². The molecule has 1 aromatic carbocycles. The van der Waals surface area contributed by atoms with Crippen molar-refractivity contribution in [3.05, 3.63) is 50.9 Å². The van der Waals surface area contributed by atoms with Gasteiger partial charge in [0.1, 0.15) is 17.8 Å². The number of hydrogen-bond acceptors (Lipinski definition) is 5. The largest absolute Gasteiger partial charge is 0.497 e. The molecule has 3 aromatic rings. The fourth-order valence-electron chi connectivity index (χ4n) is 3.75. The van der Waals surface area contributed by atoms with Crippen LogP contribution in [-0.4, -0.2) is 52.4 Å². The minimum absolute atomic E-state index is 0.337. The van der Waals surface area contributed by atoms with E-state index >= 15 is 0 Å². The average Bonchev–Trinajstić information content (AvgIpc) is 3.15. The summed E-state index contributed by atoms with van der Waals surface area (Å²) in [6, 6.07) is 8.13. The van der Waals surface area contributed by atoms with Crippen molar-refractivity contribution in [2.45, 2.75) is 6.54 Å². The molecule has 0 amide bonds. The highest BCUT2D eigenvalue weighted by Crippen LogP contribution is 2.19. The summed E-state index contributed by atoms with van der Waals surface area (Å²) in [7, 11) is 4.78. The smallest absolute Gasteiger partial charge is 0.332 e. The number of H-pyrrole nitrogens is 1. The van der Waals surface area contributed by atoms with E-state index in [1.165, 1.54) is 22.2 Å². The van der Waals surface area contributed by atoms with Crippen molar-refractivity contribution in [2.75, 3.05) is 38.2 Å². The van der Waals surface area contributed by atoms with E-state index in [4.69, 9.17) is 4.74 Å². The molecule has 2 aromatic heterocycles. The molecule has 148 valence electrons. The molecule has 1 aliphatic heterocycles. The maximum absolute atomic E-state index is 12.3. The third-order valence-corrected chi connectivity index (χ3v) is 5.47. The summed E-state index contributed by atoms with van der Waals surface area (Å²) in [6.07, 6.45) is 0. The number of nitrogens with zero attached hydrogens (tertiary/aromatic N) is 4. The number of ether oxygens (including phenoxy) is 1. The fraction of sp³-hybridized carbons (Fsp3) is 0.421. The topological polar surface area (TPSA) is 89.6 Å². The summed E-state index contributed by atoms with van der Waals surface area (Å²) in [5, 5.41) is 0. The Morgan fingerprint density at radius 1 is 1.11 bits per heavy atom. The van der Waals surface area contributed by atoms with Gasteiger partial charge >= 0.3 is 5.69 Å². The van der Waals surface area contributed by atoms with E-state index < -0.39 is 0 Å². The first-order chi connectivity index (χ1) is 13.5. The molecule has 1 saturated heterocycles. The van der Waals surface area contributed by atoms with E-state index in [2.05, 4.69) is 27.0 Å². The van der Waals surface area contributed by atoms with Crippen LogP contribution in [0.4, 0.5) is 5.69 Å². The second kappa shape index (κ2) is 7.16. The minimum Gasteiger partial charge on any atom is -0.497 e. The third-order valence-electron chi connectivity index (χ3n) is 5.47. The first-order valence-corrected chi connectivity index (χ1v) is 9.35. The fourth-order valence-corrected chi connectivity index (χ4v) is 3.75. The molecule has 2 N–H and O–H groups in total. The Kier molecular flexibility index (Phi) is 4.68. The number of aromatic amines is 1. The van der Waals surface area contributed by atoms with Gasteiger partial charge in [0.05, 0.1) is 33.3 Å². The Bertz CT molecular complexity index is 1100. The summed E-state index contributed by atoms with van der Waals surface area (Å²) in [5.41, 5.74) is 1.30. The molecule has 28 heavy (non-hydrogen) atoms. The Balaban J connectivity index is 1.46. The molecule has 0 atom stereocenters. The molecule has 9 heteroatoms. The van der Waals surface area contributed by atoms with Gasteiger partial charge in [0, 0.05) is 19.8 Å². The number of aryl methyl sites for hydroxylation is 1. The van der Waals surface area contributed by atoms with E-state index in [9.17, 15) is 9.59 Å². The molecule has 0 saturated carbocycles. The van der Waals surface area contributed by atoms with Gasteiger partial charge in [-0.2, -0.15) is 0 Å². The van der Waals surface area contributed by atoms with Crippen molar-refractivity contribution < 1.29 is 9.64 Å². The lowest BCUT2D eigenvalue weighted by Gasteiger charge is -2.33. The monoisotopic (exact) mass is 385 g/mol. The van der Waals surface area contributed by atoms with Crippen LogP contribution in [0.5, 0.6) is 5.75 Å². The van der Waals surface area contributed by atoms with Gasteiger partial charge in [-0.25, -0.2) is 9.78 Å². The van der Waals surface area contributed by atoms with E-state index in [0.717, 1.165) is 42.3 Å². The molecule has 4 rings (SSSR count). The zero-order valence-electron chi connectivity index (χ0n) is 16.4. The van der Waals surface area contributed by atoms with Gasteiger partial charge in [-0.1, -0.05) is 0 Å². The summed E-state index contributed by atoms with van der Waals surface area (Å²) in [6.45, 7) is 4.53. The van der Waals surface area contributed by atoms with Crippen LogP contribution in [0.15, 0.2) is 33.9 Å². The number of hydrogen-bond donors (Lipinski definition) is 2. The number of quaternary nitrogens is 1. The highest BCUT2D eigenvalue weighted by atomic mass is 16.5. The Morgan fingerprint density at radius 2 is 1.79 bits per heavy atom. The van der Waals surface area contributed by atoms with Crippen LogP contribution in [0.2, 0.25) is 0 Å². The minimum atomic E-state index is -0.365. The second-order valence-electron chi connectivity index (χ2n) is 7.20. The number of methoxy groups -OCH3 is 1. The Morgan fingerprint density at radius 3 is 2.43 bits per heavy atom. The molecule has 0 aliphatic carbocycles. The molecule has 1 aliphatic rings. The quantitative estimate of drug-likeness (QED) is 0.594. The SMILES string of the molecule is COc1ccc(N2CC[NH+](Cc3nc4c([nH]3)c(=O)n(C)c(=O)n4C)CC2)cc1. The number of benzene rings is 1. The van der Waals surface area contributed by atoms with Crippen LogP contribution in [0, 0.1) is 0 Å². The maximum Gasteiger partial charge on any atom is 0.332 e. The van der Waals surface area contributed by atoms with Crippen molar-refractivity contribution in [3.63, 3.8) is 0 Å². The summed E-state index contributed by atoms with van der Waals surface area (Å²) in [4.78, 5) is 35.8. The van der Waals surface area contributed by atoms with Crippen molar-refractivity contribution >= 4 is 16.9 Å². The summed E-state index contributed by atoms with van der Waals surface area (Å²) >= 11 is 0. The molecule has 9 nitrogen and oxygen atoms in total. The van der Waals surface area contributed by atoms with Gasteiger partial charge in [0.15, 0.2) is 11.5 Å². The first kappa shape index (κ1) is 18.3. The number of rotatable bonds is 4. The lowest BCUT2D eigenvalue weighted by molar-refractivity contribution is -0.914. The molecule has 3 heterocycles. The molecule has 0 unspecified atom stereocenters. The third kappa shape index (κ3) is 3.18. The standard InChI is InChI=1S/C19H24N6O3/c1-22-17-16(18(26)23(2)19(22)27)20-15(21-17)12-24-8-10-25(11-9-24)13-4-6-14(28-3)7-5-13/h4-7H,8-12H2,1-3H3,(H,20,21)/p+1. The van der Waals surface area contributed by atoms with E-state index in [1.54, 1.807) is 14.2 Å². The van der Waals surface area contributed by atoms with E-state index in [0.29, 0.717) is 17.7 Å². The van der Waals surface area contributed by atoms with Crippen LogP contribution >= 0.6 is 0 Å². The zero-order chi connectivity index (χ0) is 19.8. The lowest BCUT2D eigenvalue weighted by atomic mass is 10.2. The molecular formula is C19H25N6O3+. The van der Waals surface area contributed by atoms with Crippen LogP contribution in [0.1, 0.15) is 5.82 Å². The summed E-state index contributed by atoms with van der Waals surface area (Å²) < 4.78 is 7.73. The maximum atomic E-state index is 12.3. The number of nitrogens with one attached hydrogen (secondary N) is 2. The predicted molar refractivity (Wildman–Crippen MR) is 106 cm³/mol. The van der Waals surface area contributed by atoms with E-state index in [-0.39, 0.29) is 11.2 Å². The van der Waals surface area contributed by atoms with Gasteiger partial charge in [-0.3, -0.25) is 13.9 Å². The second-order valence-corrected chi connectivity index (χ2v) is 7.20. The lowest BCUT2D eigenvalue weighted by Crippen LogP contribution is -3.13. The van der Waals surface area contributed by atoms with Gasteiger partial charge in [0.2, 0.25) is 0 Å².